The van der Waals surface area contributed by atoms with E-state index in [0.717, 1.165) is 41.9 Å². The monoisotopic (exact) mass is 377 g/mol. The molecule has 0 saturated heterocycles. The molecule has 1 heterocycles. The first-order valence-corrected chi connectivity index (χ1v) is 8.61. The second-order valence-corrected chi connectivity index (χ2v) is 6.64. The summed E-state index contributed by atoms with van der Waals surface area (Å²) < 4.78 is 13.3. The minimum absolute atomic E-state index is 0. The molecular formula is C20H25ClFN3O. The van der Waals surface area contributed by atoms with Crippen molar-refractivity contribution in [1.29, 1.82) is 0 Å². The highest BCUT2D eigenvalue weighted by atomic mass is 35.5. The van der Waals surface area contributed by atoms with Crippen molar-refractivity contribution >= 4 is 29.7 Å². The number of halogens is 2. The molecule has 2 aromatic carbocycles. The van der Waals surface area contributed by atoms with E-state index in [1.165, 1.54) is 12.1 Å². The summed E-state index contributed by atoms with van der Waals surface area (Å²) in [5, 5.41) is 0. The van der Waals surface area contributed by atoms with Crippen LogP contribution in [-0.4, -0.2) is 30.4 Å². The molecule has 4 nitrogen and oxygen atoms in total. The maximum atomic E-state index is 13.3. The summed E-state index contributed by atoms with van der Waals surface area (Å²) in [6.45, 7) is 3.14. The molecule has 0 aromatic heterocycles. The number of fused-ring (bicyclic) bond motifs is 1. The minimum Gasteiger partial charge on any atom is -0.398 e. The summed E-state index contributed by atoms with van der Waals surface area (Å²) >= 11 is 0. The number of nitrogen functional groups attached to an aromatic ring is 1. The summed E-state index contributed by atoms with van der Waals surface area (Å²) in [4.78, 5) is 16.7. The number of hydrogen-bond donors (Lipinski definition) is 1. The predicted octanol–water partition coefficient (Wildman–Crippen LogP) is 3.63. The third kappa shape index (κ3) is 4.10. The van der Waals surface area contributed by atoms with E-state index in [0.29, 0.717) is 6.54 Å². The quantitative estimate of drug-likeness (QED) is 0.828. The highest BCUT2D eigenvalue weighted by molar-refractivity contribution is 5.86. The van der Waals surface area contributed by atoms with Crippen molar-refractivity contribution in [1.82, 2.24) is 4.90 Å². The second kappa shape index (κ2) is 8.41. The molecule has 0 aliphatic carbocycles. The molecule has 2 N–H and O–H groups in total. The molecule has 3 rings (SSSR count). The molecule has 140 valence electrons. The summed E-state index contributed by atoms with van der Waals surface area (Å²) in [7, 11) is 1.76. The van der Waals surface area contributed by atoms with Crippen LogP contribution in [0.4, 0.5) is 15.8 Å². The molecule has 2 aromatic rings. The topological polar surface area (TPSA) is 49.6 Å². The molecule has 1 aliphatic rings. The van der Waals surface area contributed by atoms with Crippen LogP contribution in [0.25, 0.3) is 0 Å². The van der Waals surface area contributed by atoms with E-state index in [2.05, 4.69) is 4.90 Å². The third-order valence-corrected chi connectivity index (χ3v) is 4.83. The summed E-state index contributed by atoms with van der Waals surface area (Å²) in [5.41, 5.74) is 9.84. The van der Waals surface area contributed by atoms with Crippen LogP contribution < -0.4 is 10.6 Å². The third-order valence-electron chi connectivity index (χ3n) is 4.83. The lowest BCUT2D eigenvalue weighted by atomic mass is 9.98. The molecule has 0 spiro atoms. The SMILES string of the molecule is CC(C(=O)N(C)Cc1cccc(F)c1)N1CCCc2c(N)cccc21.Cl. The Hall–Kier alpha value is -2.27. The molecule has 26 heavy (non-hydrogen) atoms. The van der Waals surface area contributed by atoms with Gasteiger partial charge in [0.2, 0.25) is 5.91 Å². The highest BCUT2D eigenvalue weighted by Gasteiger charge is 2.28. The predicted molar refractivity (Wildman–Crippen MR) is 106 cm³/mol. The molecule has 0 fully saturated rings. The molecule has 0 bridgehead atoms. The summed E-state index contributed by atoms with van der Waals surface area (Å²) in [5.74, 6) is -0.272. The average Bonchev–Trinajstić information content (AvgIpc) is 2.60. The highest BCUT2D eigenvalue weighted by Crippen LogP contribution is 2.32. The van der Waals surface area contributed by atoms with E-state index in [-0.39, 0.29) is 30.2 Å². The van der Waals surface area contributed by atoms with Crippen LogP contribution in [0, 0.1) is 5.82 Å². The fourth-order valence-corrected chi connectivity index (χ4v) is 3.52. The largest absolute Gasteiger partial charge is 0.398 e. The normalized spacial score (nSPS) is 14.2. The van der Waals surface area contributed by atoms with Crippen LogP contribution in [0.15, 0.2) is 42.5 Å². The number of carbonyl (C=O) groups excluding carboxylic acids is 1. The van der Waals surface area contributed by atoms with E-state index in [1.54, 1.807) is 18.0 Å². The first-order chi connectivity index (χ1) is 12.0. The number of anilines is 2. The molecule has 1 amide bonds. The van der Waals surface area contributed by atoms with Crippen molar-refractivity contribution in [2.45, 2.75) is 32.4 Å². The lowest BCUT2D eigenvalue weighted by Gasteiger charge is -2.37. The average molecular weight is 378 g/mol. The number of rotatable bonds is 4. The van der Waals surface area contributed by atoms with Crippen LogP contribution in [0.3, 0.4) is 0 Å². The zero-order chi connectivity index (χ0) is 18.0. The van der Waals surface area contributed by atoms with Gasteiger partial charge in [-0.3, -0.25) is 4.79 Å². The maximum absolute atomic E-state index is 13.3. The Morgan fingerprint density at radius 2 is 2.04 bits per heavy atom. The maximum Gasteiger partial charge on any atom is 0.245 e. The Balaban J connectivity index is 0.00000243. The summed E-state index contributed by atoms with van der Waals surface area (Å²) in [6.07, 6.45) is 1.92. The van der Waals surface area contributed by atoms with Crippen molar-refractivity contribution in [3.63, 3.8) is 0 Å². The molecule has 6 heteroatoms. The molecular weight excluding hydrogens is 353 g/mol. The van der Waals surface area contributed by atoms with Crippen molar-refractivity contribution in [2.24, 2.45) is 0 Å². The van der Waals surface area contributed by atoms with Gasteiger partial charge in [0.1, 0.15) is 11.9 Å². The van der Waals surface area contributed by atoms with E-state index in [9.17, 15) is 9.18 Å². The zero-order valence-electron chi connectivity index (χ0n) is 15.1. The van der Waals surface area contributed by atoms with Gasteiger partial charge in [-0.1, -0.05) is 18.2 Å². The van der Waals surface area contributed by atoms with Gasteiger partial charge >= 0.3 is 0 Å². The fraction of sp³-hybridized carbons (Fsp3) is 0.350. The molecule has 0 radical (unpaired) electrons. The number of likely N-dealkylation sites (N-methyl/N-ethyl adjacent to an activating group) is 1. The Labute approximate surface area is 160 Å². The minimum atomic E-state index is -0.292. The number of carbonyl (C=O) groups is 1. The van der Waals surface area contributed by atoms with Crippen molar-refractivity contribution in [3.05, 3.63) is 59.4 Å². The standard InChI is InChI=1S/C20H24FN3O.ClH/c1-14(20(25)23(2)13-15-6-3-7-16(21)12-15)24-11-5-8-17-18(22)9-4-10-19(17)24;/h3-4,6-7,9-10,12,14H,5,8,11,13,22H2,1-2H3;1H. The number of hydrogen-bond acceptors (Lipinski definition) is 3. The fourth-order valence-electron chi connectivity index (χ4n) is 3.52. The van der Waals surface area contributed by atoms with Crippen LogP contribution in [0.5, 0.6) is 0 Å². The molecule has 0 saturated carbocycles. The Morgan fingerprint density at radius 3 is 2.77 bits per heavy atom. The first-order valence-electron chi connectivity index (χ1n) is 8.61. The van der Waals surface area contributed by atoms with Gasteiger partial charge < -0.3 is 15.5 Å². The Kier molecular flexibility index (Phi) is 6.48. The number of nitrogens with two attached hydrogens (primary N) is 1. The van der Waals surface area contributed by atoms with Gasteiger partial charge in [0, 0.05) is 31.5 Å². The molecule has 1 unspecified atom stereocenters. The smallest absolute Gasteiger partial charge is 0.245 e. The van der Waals surface area contributed by atoms with E-state index < -0.39 is 0 Å². The van der Waals surface area contributed by atoms with E-state index in [1.807, 2.05) is 31.2 Å². The van der Waals surface area contributed by atoms with Crippen LogP contribution in [0.1, 0.15) is 24.5 Å². The first kappa shape index (κ1) is 20.0. The Morgan fingerprint density at radius 1 is 1.31 bits per heavy atom. The number of amides is 1. The van der Waals surface area contributed by atoms with Gasteiger partial charge in [-0.15, -0.1) is 12.4 Å². The molecule has 1 aliphatic heterocycles. The van der Waals surface area contributed by atoms with Crippen LogP contribution in [-0.2, 0) is 17.8 Å². The van der Waals surface area contributed by atoms with Crippen molar-refractivity contribution in [2.75, 3.05) is 24.2 Å². The second-order valence-electron chi connectivity index (χ2n) is 6.64. The van der Waals surface area contributed by atoms with Gasteiger partial charge in [0.05, 0.1) is 0 Å². The van der Waals surface area contributed by atoms with Gasteiger partial charge in [-0.2, -0.15) is 0 Å². The van der Waals surface area contributed by atoms with Gasteiger partial charge in [0.25, 0.3) is 0 Å². The van der Waals surface area contributed by atoms with Crippen molar-refractivity contribution in [3.8, 4) is 0 Å². The van der Waals surface area contributed by atoms with E-state index in [4.69, 9.17) is 5.73 Å². The van der Waals surface area contributed by atoms with Crippen LogP contribution in [0.2, 0.25) is 0 Å². The van der Waals surface area contributed by atoms with Crippen LogP contribution >= 0.6 is 12.4 Å². The lowest BCUT2D eigenvalue weighted by molar-refractivity contribution is -0.131. The van der Waals surface area contributed by atoms with E-state index >= 15 is 0 Å². The Bertz CT molecular complexity index is 783. The number of nitrogens with zero attached hydrogens (tertiary/aromatic N) is 2. The molecule has 1 atom stereocenters. The lowest BCUT2D eigenvalue weighted by Crippen LogP contribution is -2.47. The van der Waals surface area contributed by atoms with Crippen molar-refractivity contribution < 1.29 is 9.18 Å². The summed E-state index contributed by atoms with van der Waals surface area (Å²) in [6, 6.07) is 11.9. The van der Waals surface area contributed by atoms with Gasteiger partial charge in [-0.25, -0.2) is 4.39 Å². The van der Waals surface area contributed by atoms with Gasteiger partial charge in [-0.05, 0) is 55.2 Å². The number of benzene rings is 2. The van der Waals surface area contributed by atoms with Gasteiger partial charge in [0.15, 0.2) is 0 Å². The zero-order valence-corrected chi connectivity index (χ0v) is 15.9.